The lowest BCUT2D eigenvalue weighted by Gasteiger charge is -2.14. The number of sulfone groups is 1. The summed E-state index contributed by atoms with van der Waals surface area (Å²) in [4.78, 5) is 8.14. The average molecular weight is 213 g/mol. The van der Waals surface area contributed by atoms with Crippen LogP contribution in [-0.4, -0.2) is 24.1 Å². The van der Waals surface area contributed by atoms with Crippen molar-refractivity contribution in [2.45, 2.75) is 18.7 Å². The van der Waals surface area contributed by atoms with Gasteiger partial charge in [-0.25, -0.2) is 18.4 Å². The zero-order chi connectivity index (χ0) is 10.2. The molecule has 0 saturated carbocycles. The number of nitrogens with two attached hydrogens (primary N) is 1. The van der Waals surface area contributed by atoms with E-state index in [4.69, 9.17) is 5.73 Å². The first kappa shape index (κ1) is 9.54. The highest BCUT2D eigenvalue weighted by Gasteiger charge is 2.22. The SMILES string of the molecule is NCc1ncc2c(n1)CS(=O)(=O)CC2. The summed E-state index contributed by atoms with van der Waals surface area (Å²) in [5, 5.41) is 0. The van der Waals surface area contributed by atoms with Gasteiger partial charge in [0, 0.05) is 6.20 Å². The normalized spacial score (nSPS) is 18.9. The van der Waals surface area contributed by atoms with Crippen LogP contribution in [0.4, 0.5) is 0 Å². The molecule has 2 rings (SSSR count). The van der Waals surface area contributed by atoms with Gasteiger partial charge in [-0.2, -0.15) is 0 Å². The van der Waals surface area contributed by atoms with E-state index in [2.05, 4.69) is 9.97 Å². The number of nitrogens with zero attached hydrogens (tertiary/aromatic N) is 2. The Labute approximate surface area is 82.3 Å². The molecule has 0 bridgehead atoms. The first-order chi connectivity index (χ1) is 6.61. The van der Waals surface area contributed by atoms with Gasteiger partial charge in [0.05, 0.1) is 23.7 Å². The Morgan fingerprint density at radius 1 is 1.50 bits per heavy atom. The Kier molecular flexibility index (Phi) is 2.24. The standard InChI is InChI=1S/C8H11N3O2S/c9-3-8-10-4-6-1-2-14(12,13)5-7(6)11-8/h4H,1-3,5,9H2. The molecule has 76 valence electrons. The Morgan fingerprint density at radius 2 is 2.29 bits per heavy atom. The van der Waals surface area contributed by atoms with Crippen LogP contribution in [0.5, 0.6) is 0 Å². The molecule has 0 unspecified atom stereocenters. The van der Waals surface area contributed by atoms with E-state index < -0.39 is 9.84 Å². The smallest absolute Gasteiger partial charge is 0.156 e. The molecule has 1 aliphatic rings. The molecule has 1 aromatic heterocycles. The van der Waals surface area contributed by atoms with Crippen molar-refractivity contribution in [3.8, 4) is 0 Å². The second kappa shape index (κ2) is 3.29. The molecular weight excluding hydrogens is 202 g/mol. The molecule has 1 aromatic rings. The van der Waals surface area contributed by atoms with E-state index >= 15 is 0 Å². The third-order valence-corrected chi connectivity index (χ3v) is 3.77. The molecule has 0 spiro atoms. The van der Waals surface area contributed by atoms with E-state index in [1.54, 1.807) is 6.20 Å². The molecule has 0 amide bonds. The summed E-state index contributed by atoms with van der Waals surface area (Å²) in [7, 11) is -2.95. The van der Waals surface area contributed by atoms with Crippen LogP contribution in [-0.2, 0) is 28.6 Å². The number of fused-ring (bicyclic) bond motifs is 1. The van der Waals surface area contributed by atoms with E-state index in [9.17, 15) is 8.42 Å². The number of hydrogen-bond donors (Lipinski definition) is 1. The molecule has 0 atom stereocenters. The van der Waals surface area contributed by atoms with Crippen LogP contribution in [0.25, 0.3) is 0 Å². The van der Waals surface area contributed by atoms with Gasteiger partial charge in [-0.3, -0.25) is 0 Å². The van der Waals surface area contributed by atoms with Crippen LogP contribution < -0.4 is 5.73 Å². The average Bonchev–Trinajstić information content (AvgIpc) is 2.15. The number of hydrogen-bond acceptors (Lipinski definition) is 5. The van der Waals surface area contributed by atoms with E-state index in [1.807, 2.05) is 0 Å². The first-order valence-electron chi connectivity index (χ1n) is 4.35. The maximum Gasteiger partial charge on any atom is 0.156 e. The van der Waals surface area contributed by atoms with Gasteiger partial charge >= 0.3 is 0 Å². The molecule has 1 aliphatic heterocycles. The minimum Gasteiger partial charge on any atom is -0.324 e. The zero-order valence-electron chi connectivity index (χ0n) is 7.60. The van der Waals surface area contributed by atoms with Crippen molar-refractivity contribution in [1.82, 2.24) is 9.97 Å². The molecule has 0 saturated heterocycles. The molecule has 0 fully saturated rings. The fourth-order valence-electron chi connectivity index (χ4n) is 1.46. The van der Waals surface area contributed by atoms with Crippen molar-refractivity contribution in [2.24, 2.45) is 5.73 Å². The second-order valence-corrected chi connectivity index (χ2v) is 5.49. The lowest BCUT2D eigenvalue weighted by atomic mass is 10.2. The molecule has 2 N–H and O–H groups in total. The number of aryl methyl sites for hydroxylation is 1. The van der Waals surface area contributed by atoms with E-state index in [1.165, 1.54) is 0 Å². The topological polar surface area (TPSA) is 85.9 Å². The number of rotatable bonds is 1. The highest BCUT2D eigenvalue weighted by molar-refractivity contribution is 7.90. The van der Waals surface area contributed by atoms with Crippen LogP contribution in [0.15, 0.2) is 6.20 Å². The fourth-order valence-corrected chi connectivity index (χ4v) is 2.80. The van der Waals surface area contributed by atoms with Crippen LogP contribution in [0, 0.1) is 0 Å². The molecule has 14 heavy (non-hydrogen) atoms. The quantitative estimate of drug-likeness (QED) is 0.673. The summed E-state index contributed by atoms with van der Waals surface area (Å²) in [5.41, 5.74) is 6.92. The lowest BCUT2D eigenvalue weighted by Crippen LogP contribution is -2.21. The third-order valence-electron chi connectivity index (χ3n) is 2.23. The van der Waals surface area contributed by atoms with Gasteiger partial charge in [0.2, 0.25) is 0 Å². The molecular formula is C8H11N3O2S. The van der Waals surface area contributed by atoms with Crippen molar-refractivity contribution >= 4 is 9.84 Å². The lowest BCUT2D eigenvalue weighted by molar-refractivity contribution is 0.589. The summed E-state index contributed by atoms with van der Waals surface area (Å²) in [6, 6.07) is 0. The van der Waals surface area contributed by atoms with Crippen LogP contribution in [0.2, 0.25) is 0 Å². The van der Waals surface area contributed by atoms with Crippen molar-refractivity contribution in [3.05, 3.63) is 23.3 Å². The van der Waals surface area contributed by atoms with Crippen molar-refractivity contribution in [1.29, 1.82) is 0 Å². The zero-order valence-corrected chi connectivity index (χ0v) is 8.42. The summed E-state index contributed by atoms with van der Waals surface area (Å²) < 4.78 is 22.6. The van der Waals surface area contributed by atoms with Crippen LogP contribution >= 0.6 is 0 Å². The Hall–Kier alpha value is -1.01. The number of aromatic nitrogens is 2. The second-order valence-electron chi connectivity index (χ2n) is 3.30. The van der Waals surface area contributed by atoms with Gasteiger partial charge in [-0.1, -0.05) is 0 Å². The largest absolute Gasteiger partial charge is 0.324 e. The van der Waals surface area contributed by atoms with Gasteiger partial charge in [0.25, 0.3) is 0 Å². The van der Waals surface area contributed by atoms with Crippen molar-refractivity contribution in [3.63, 3.8) is 0 Å². The monoisotopic (exact) mass is 213 g/mol. The van der Waals surface area contributed by atoms with Crippen LogP contribution in [0.1, 0.15) is 17.1 Å². The summed E-state index contributed by atoms with van der Waals surface area (Å²) >= 11 is 0. The highest BCUT2D eigenvalue weighted by Crippen LogP contribution is 2.17. The Bertz CT molecular complexity index is 456. The van der Waals surface area contributed by atoms with Crippen LogP contribution in [0.3, 0.4) is 0 Å². The maximum atomic E-state index is 11.3. The summed E-state index contributed by atoms with van der Waals surface area (Å²) in [6.07, 6.45) is 2.20. The van der Waals surface area contributed by atoms with Gasteiger partial charge in [0.1, 0.15) is 5.82 Å². The Morgan fingerprint density at radius 3 is 3.00 bits per heavy atom. The third kappa shape index (κ3) is 1.76. The van der Waals surface area contributed by atoms with E-state index in [-0.39, 0.29) is 18.1 Å². The first-order valence-corrected chi connectivity index (χ1v) is 6.17. The molecule has 0 aliphatic carbocycles. The molecule has 2 heterocycles. The van der Waals surface area contributed by atoms with E-state index in [0.29, 0.717) is 17.9 Å². The summed E-state index contributed by atoms with van der Waals surface area (Å²) in [6.45, 7) is 0.243. The van der Waals surface area contributed by atoms with Gasteiger partial charge < -0.3 is 5.73 Å². The van der Waals surface area contributed by atoms with Gasteiger partial charge in [-0.15, -0.1) is 0 Å². The molecule has 6 heteroatoms. The fraction of sp³-hybridized carbons (Fsp3) is 0.500. The highest BCUT2D eigenvalue weighted by atomic mass is 32.2. The molecule has 0 radical (unpaired) electrons. The van der Waals surface area contributed by atoms with Gasteiger partial charge in [0.15, 0.2) is 9.84 Å². The molecule has 0 aromatic carbocycles. The minimum absolute atomic E-state index is 0.0256. The van der Waals surface area contributed by atoms with Gasteiger partial charge in [-0.05, 0) is 12.0 Å². The predicted molar refractivity (Wildman–Crippen MR) is 51.1 cm³/mol. The summed E-state index contributed by atoms with van der Waals surface area (Å²) in [5.74, 6) is 0.726. The minimum atomic E-state index is -2.95. The van der Waals surface area contributed by atoms with Crippen molar-refractivity contribution < 1.29 is 8.42 Å². The Balaban J connectivity index is 2.44. The van der Waals surface area contributed by atoms with E-state index in [0.717, 1.165) is 5.56 Å². The predicted octanol–water partition coefficient (Wildman–Crippen LogP) is -0.594. The molecule has 5 nitrogen and oxygen atoms in total. The maximum absolute atomic E-state index is 11.3. The van der Waals surface area contributed by atoms with Crippen molar-refractivity contribution in [2.75, 3.05) is 5.75 Å².